The van der Waals surface area contributed by atoms with Crippen LogP contribution < -0.4 is 0 Å². The molecule has 1 atom stereocenters. The molecule has 7 heteroatoms. The minimum Gasteiger partial charge on any atom is -0.389 e. The van der Waals surface area contributed by atoms with Gasteiger partial charge in [-0.3, -0.25) is 0 Å². The molecule has 0 amide bonds. The molecule has 1 aliphatic rings. The quantitative estimate of drug-likeness (QED) is 0.889. The van der Waals surface area contributed by atoms with Crippen molar-refractivity contribution in [2.24, 2.45) is 0 Å². The molecule has 0 bridgehead atoms. The van der Waals surface area contributed by atoms with E-state index >= 15 is 0 Å². The van der Waals surface area contributed by atoms with E-state index in [-0.39, 0.29) is 0 Å². The standard InChI is InChI=1S/C14H17BrN4OS/c1-9(20)12-7-6-11(8-13(12)15)21-14-16-17-18-19(14)10-4-2-3-5-10/h6-10,20H,2-5H2,1H3. The Hall–Kier alpha value is -0.920. The zero-order chi connectivity index (χ0) is 14.8. The van der Waals surface area contributed by atoms with Crippen molar-refractivity contribution < 1.29 is 5.11 Å². The summed E-state index contributed by atoms with van der Waals surface area (Å²) in [4.78, 5) is 1.06. The van der Waals surface area contributed by atoms with E-state index in [9.17, 15) is 5.11 Å². The number of rotatable bonds is 4. The van der Waals surface area contributed by atoms with Gasteiger partial charge in [-0.15, -0.1) is 5.10 Å². The van der Waals surface area contributed by atoms with E-state index in [2.05, 4.69) is 31.5 Å². The van der Waals surface area contributed by atoms with Crippen LogP contribution in [0.4, 0.5) is 0 Å². The molecule has 3 rings (SSSR count). The lowest BCUT2D eigenvalue weighted by Crippen LogP contribution is -2.08. The van der Waals surface area contributed by atoms with E-state index in [1.54, 1.807) is 18.7 Å². The number of benzene rings is 1. The van der Waals surface area contributed by atoms with Crippen molar-refractivity contribution in [2.45, 2.75) is 54.8 Å². The third-order valence-electron chi connectivity index (χ3n) is 3.76. The molecule has 1 N–H and O–H groups in total. The van der Waals surface area contributed by atoms with Crippen molar-refractivity contribution in [3.05, 3.63) is 28.2 Å². The Balaban J connectivity index is 1.81. The number of hydrogen-bond donors (Lipinski definition) is 1. The van der Waals surface area contributed by atoms with Gasteiger partial charge in [0.1, 0.15) is 0 Å². The summed E-state index contributed by atoms with van der Waals surface area (Å²) >= 11 is 5.06. The fraction of sp³-hybridized carbons (Fsp3) is 0.500. The summed E-state index contributed by atoms with van der Waals surface area (Å²) in [7, 11) is 0. The van der Waals surface area contributed by atoms with E-state index in [1.165, 1.54) is 12.8 Å². The third-order valence-corrected chi connectivity index (χ3v) is 5.39. The molecule has 0 aliphatic heterocycles. The summed E-state index contributed by atoms with van der Waals surface area (Å²) in [6.07, 6.45) is 4.33. The van der Waals surface area contributed by atoms with Crippen LogP contribution in [0.2, 0.25) is 0 Å². The van der Waals surface area contributed by atoms with Gasteiger partial charge in [-0.2, -0.15) is 0 Å². The molecule has 1 heterocycles. The minimum atomic E-state index is -0.484. The Morgan fingerprint density at radius 2 is 2.14 bits per heavy atom. The van der Waals surface area contributed by atoms with Crippen molar-refractivity contribution in [3.63, 3.8) is 0 Å². The highest BCUT2D eigenvalue weighted by molar-refractivity contribution is 9.10. The Bertz CT molecular complexity index is 625. The number of nitrogens with zero attached hydrogens (tertiary/aromatic N) is 4. The Kier molecular flexibility index (Phi) is 4.61. The Morgan fingerprint density at radius 1 is 1.38 bits per heavy atom. The van der Waals surface area contributed by atoms with E-state index in [1.807, 2.05) is 22.9 Å². The zero-order valence-electron chi connectivity index (χ0n) is 11.7. The first-order valence-corrected chi connectivity index (χ1v) is 8.69. The lowest BCUT2D eigenvalue weighted by atomic mass is 10.1. The van der Waals surface area contributed by atoms with Crippen molar-refractivity contribution in [3.8, 4) is 0 Å². The summed E-state index contributed by atoms with van der Waals surface area (Å²) in [6.45, 7) is 1.76. The SMILES string of the molecule is CC(O)c1ccc(Sc2nnnn2C2CCCC2)cc1Br. The van der Waals surface area contributed by atoms with Crippen LogP contribution in [0.15, 0.2) is 32.7 Å². The van der Waals surface area contributed by atoms with Gasteiger partial charge in [0.25, 0.3) is 0 Å². The second-order valence-electron chi connectivity index (χ2n) is 5.31. The van der Waals surface area contributed by atoms with Crippen molar-refractivity contribution in [1.82, 2.24) is 20.2 Å². The Morgan fingerprint density at radius 3 is 2.81 bits per heavy atom. The Labute approximate surface area is 136 Å². The van der Waals surface area contributed by atoms with Gasteiger partial charge in [-0.05, 0) is 59.7 Å². The second-order valence-corrected chi connectivity index (χ2v) is 7.20. The van der Waals surface area contributed by atoms with Crippen molar-refractivity contribution >= 4 is 27.7 Å². The van der Waals surface area contributed by atoms with Crippen LogP contribution in [-0.2, 0) is 0 Å². The summed E-state index contributed by atoms with van der Waals surface area (Å²) < 4.78 is 2.86. The zero-order valence-corrected chi connectivity index (χ0v) is 14.1. The van der Waals surface area contributed by atoms with Gasteiger partial charge in [-0.25, -0.2) is 4.68 Å². The smallest absolute Gasteiger partial charge is 0.214 e. The van der Waals surface area contributed by atoms with E-state index < -0.39 is 6.10 Å². The summed E-state index contributed by atoms with van der Waals surface area (Å²) in [6, 6.07) is 6.36. The average Bonchev–Trinajstić information content (AvgIpc) is 3.08. The topological polar surface area (TPSA) is 63.8 Å². The fourth-order valence-electron chi connectivity index (χ4n) is 2.65. The molecule has 2 aromatic rings. The lowest BCUT2D eigenvalue weighted by molar-refractivity contribution is 0.198. The maximum absolute atomic E-state index is 9.67. The molecule has 0 radical (unpaired) electrons. The van der Waals surface area contributed by atoms with E-state index in [4.69, 9.17) is 0 Å². The van der Waals surface area contributed by atoms with Crippen LogP contribution >= 0.6 is 27.7 Å². The van der Waals surface area contributed by atoms with Crippen LogP contribution in [0.1, 0.15) is 50.3 Å². The normalized spacial score (nSPS) is 17.3. The van der Waals surface area contributed by atoms with Crippen LogP contribution in [-0.4, -0.2) is 25.3 Å². The maximum atomic E-state index is 9.67. The predicted molar refractivity (Wildman–Crippen MR) is 84.2 cm³/mol. The van der Waals surface area contributed by atoms with Gasteiger partial charge in [-0.1, -0.05) is 34.8 Å². The average molecular weight is 369 g/mol. The second kappa shape index (κ2) is 6.46. The van der Waals surface area contributed by atoms with Crippen LogP contribution in [0.25, 0.3) is 0 Å². The highest BCUT2D eigenvalue weighted by Gasteiger charge is 2.22. The molecule has 0 saturated heterocycles. The van der Waals surface area contributed by atoms with Crippen LogP contribution in [0, 0.1) is 0 Å². The number of halogens is 1. The van der Waals surface area contributed by atoms with Gasteiger partial charge in [0.05, 0.1) is 12.1 Å². The van der Waals surface area contributed by atoms with Crippen molar-refractivity contribution in [2.75, 3.05) is 0 Å². The summed E-state index contributed by atoms with van der Waals surface area (Å²) in [5.41, 5.74) is 0.884. The minimum absolute atomic E-state index is 0.433. The molecule has 1 fully saturated rings. The fourth-order valence-corrected chi connectivity index (χ4v) is 4.39. The monoisotopic (exact) mass is 368 g/mol. The number of tetrazole rings is 1. The third kappa shape index (κ3) is 3.30. The molecule has 112 valence electrons. The molecule has 1 unspecified atom stereocenters. The maximum Gasteiger partial charge on any atom is 0.214 e. The molecule has 0 spiro atoms. The van der Waals surface area contributed by atoms with Gasteiger partial charge >= 0.3 is 0 Å². The molecular formula is C14H17BrN4OS. The van der Waals surface area contributed by atoms with Gasteiger partial charge < -0.3 is 5.11 Å². The summed E-state index contributed by atoms with van der Waals surface area (Å²) in [5.74, 6) is 0. The van der Waals surface area contributed by atoms with Crippen LogP contribution in [0.3, 0.4) is 0 Å². The van der Waals surface area contributed by atoms with Gasteiger partial charge in [0.2, 0.25) is 5.16 Å². The molecule has 1 aromatic heterocycles. The first-order chi connectivity index (χ1) is 10.1. The van der Waals surface area contributed by atoms with Gasteiger partial charge in [0.15, 0.2) is 0 Å². The van der Waals surface area contributed by atoms with E-state index in [0.717, 1.165) is 32.9 Å². The number of aliphatic hydroxyl groups excluding tert-OH is 1. The number of hydrogen-bond acceptors (Lipinski definition) is 5. The molecule has 21 heavy (non-hydrogen) atoms. The van der Waals surface area contributed by atoms with Gasteiger partial charge in [0, 0.05) is 9.37 Å². The molecule has 1 aliphatic carbocycles. The first-order valence-electron chi connectivity index (χ1n) is 7.08. The highest BCUT2D eigenvalue weighted by Crippen LogP contribution is 2.35. The molecule has 1 aromatic carbocycles. The highest BCUT2D eigenvalue weighted by atomic mass is 79.9. The number of aliphatic hydroxyl groups is 1. The van der Waals surface area contributed by atoms with E-state index in [0.29, 0.717) is 6.04 Å². The predicted octanol–water partition coefficient (Wildman–Crippen LogP) is 3.76. The van der Waals surface area contributed by atoms with Crippen molar-refractivity contribution in [1.29, 1.82) is 0 Å². The number of aromatic nitrogens is 4. The summed E-state index contributed by atoms with van der Waals surface area (Å²) in [5, 5.41) is 22.6. The molecular weight excluding hydrogens is 352 g/mol. The lowest BCUT2D eigenvalue weighted by Gasteiger charge is -2.12. The molecule has 5 nitrogen and oxygen atoms in total. The molecule has 1 saturated carbocycles. The first kappa shape index (κ1) is 15.0. The largest absolute Gasteiger partial charge is 0.389 e. The van der Waals surface area contributed by atoms with Crippen LogP contribution in [0.5, 0.6) is 0 Å².